The SMILES string of the molecule is Cc1ccc(-c2cnc(CCC(=O)NC3CCC(=O)NC3=O)o2)cc1. The number of hydrogen-bond acceptors (Lipinski definition) is 5. The molecule has 2 aromatic rings. The van der Waals surface area contributed by atoms with E-state index in [1.165, 1.54) is 0 Å². The highest BCUT2D eigenvalue weighted by atomic mass is 16.4. The first kappa shape index (κ1) is 16.9. The Hall–Kier alpha value is -2.96. The number of aryl methyl sites for hydroxylation is 2. The number of amides is 3. The molecule has 1 aliphatic heterocycles. The van der Waals surface area contributed by atoms with Gasteiger partial charge in [0.25, 0.3) is 0 Å². The molecule has 130 valence electrons. The summed E-state index contributed by atoms with van der Waals surface area (Å²) in [6.07, 6.45) is 2.69. The lowest BCUT2D eigenvalue weighted by molar-refractivity contribution is -0.137. The molecule has 1 saturated heterocycles. The molecule has 1 atom stereocenters. The molecule has 25 heavy (non-hydrogen) atoms. The average molecular weight is 341 g/mol. The topological polar surface area (TPSA) is 101 Å². The first-order valence-corrected chi connectivity index (χ1v) is 8.16. The minimum absolute atomic E-state index is 0.158. The Morgan fingerprint density at radius 2 is 2.08 bits per heavy atom. The van der Waals surface area contributed by atoms with Crippen LogP contribution in [-0.4, -0.2) is 28.7 Å². The number of nitrogens with one attached hydrogen (secondary N) is 2. The molecule has 1 aliphatic rings. The smallest absolute Gasteiger partial charge is 0.249 e. The third-order valence-corrected chi connectivity index (χ3v) is 4.03. The van der Waals surface area contributed by atoms with Crippen LogP contribution in [0.3, 0.4) is 0 Å². The van der Waals surface area contributed by atoms with Gasteiger partial charge in [-0.1, -0.05) is 29.8 Å². The van der Waals surface area contributed by atoms with Crippen LogP contribution in [0.4, 0.5) is 0 Å². The summed E-state index contributed by atoms with van der Waals surface area (Å²) in [6.45, 7) is 2.01. The number of oxazole rings is 1. The van der Waals surface area contributed by atoms with E-state index in [4.69, 9.17) is 4.42 Å². The zero-order valence-corrected chi connectivity index (χ0v) is 13.9. The molecule has 1 aromatic heterocycles. The van der Waals surface area contributed by atoms with Crippen LogP contribution in [0.25, 0.3) is 11.3 Å². The molecular formula is C18H19N3O4. The maximum atomic E-state index is 12.0. The molecule has 0 spiro atoms. The second kappa shape index (κ2) is 7.29. The molecule has 1 aromatic carbocycles. The summed E-state index contributed by atoms with van der Waals surface area (Å²) < 4.78 is 5.67. The van der Waals surface area contributed by atoms with Gasteiger partial charge in [-0.25, -0.2) is 4.98 Å². The number of imide groups is 1. The molecule has 0 aliphatic carbocycles. The normalized spacial score (nSPS) is 17.2. The van der Waals surface area contributed by atoms with Crippen LogP contribution < -0.4 is 10.6 Å². The van der Waals surface area contributed by atoms with Crippen LogP contribution in [0.15, 0.2) is 34.9 Å². The lowest BCUT2D eigenvalue weighted by Crippen LogP contribution is -2.52. The van der Waals surface area contributed by atoms with Crippen molar-refractivity contribution < 1.29 is 18.8 Å². The van der Waals surface area contributed by atoms with Crippen molar-refractivity contribution in [2.75, 3.05) is 0 Å². The first-order valence-electron chi connectivity index (χ1n) is 8.16. The molecule has 1 fully saturated rings. The van der Waals surface area contributed by atoms with Crippen molar-refractivity contribution in [1.29, 1.82) is 0 Å². The molecule has 2 N–H and O–H groups in total. The van der Waals surface area contributed by atoms with Crippen molar-refractivity contribution in [1.82, 2.24) is 15.6 Å². The zero-order chi connectivity index (χ0) is 17.8. The summed E-state index contributed by atoms with van der Waals surface area (Å²) in [7, 11) is 0. The number of piperidine rings is 1. The van der Waals surface area contributed by atoms with E-state index in [0.717, 1.165) is 11.1 Å². The lowest BCUT2D eigenvalue weighted by atomic mass is 10.1. The highest BCUT2D eigenvalue weighted by Crippen LogP contribution is 2.21. The maximum Gasteiger partial charge on any atom is 0.249 e. The van der Waals surface area contributed by atoms with Gasteiger partial charge < -0.3 is 9.73 Å². The second-order valence-corrected chi connectivity index (χ2v) is 6.06. The van der Waals surface area contributed by atoms with E-state index in [2.05, 4.69) is 15.6 Å². The number of carbonyl (C=O) groups is 3. The Bertz CT molecular complexity index is 795. The Balaban J connectivity index is 1.52. The third-order valence-electron chi connectivity index (χ3n) is 4.03. The van der Waals surface area contributed by atoms with Gasteiger partial charge in [-0.05, 0) is 13.3 Å². The maximum absolute atomic E-state index is 12.0. The average Bonchev–Trinajstić information content (AvgIpc) is 3.05. The predicted octanol–water partition coefficient (Wildman–Crippen LogP) is 1.50. The second-order valence-electron chi connectivity index (χ2n) is 6.06. The Morgan fingerprint density at radius 1 is 1.32 bits per heavy atom. The van der Waals surface area contributed by atoms with Crippen LogP contribution in [0, 0.1) is 6.92 Å². The van der Waals surface area contributed by atoms with Gasteiger partial charge in [0.2, 0.25) is 17.7 Å². The molecule has 3 rings (SSSR count). The minimum atomic E-state index is -0.655. The van der Waals surface area contributed by atoms with Crippen LogP contribution in [0.1, 0.15) is 30.7 Å². The molecular weight excluding hydrogens is 322 g/mol. The Kier molecular flexibility index (Phi) is 4.92. The van der Waals surface area contributed by atoms with Crippen LogP contribution in [0.5, 0.6) is 0 Å². The molecule has 2 heterocycles. The predicted molar refractivity (Wildman–Crippen MR) is 89.3 cm³/mol. The highest BCUT2D eigenvalue weighted by Gasteiger charge is 2.27. The van der Waals surface area contributed by atoms with E-state index in [1.807, 2.05) is 31.2 Å². The van der Waals surface area contributed by atoms with E-state index >= 15 is 0 Å². The van der Waals surface area contributed by atoms with Crippen LogP contribution in [-0.2, 0) is 20.8 Å². The number of hydrogen-bond donors (Lipinski definition) is 2. The van der Waals surface area contributed by atoms with E-state index in [9.17, 15) is 14.4 Å². The fraction of sp³-hybridized carbons (Fsp3) is 0.333. The standard InChI is InChI=1S/C18H19N3O4/c1-11-2-4-12(5-3-11)14-10-19-17(25-14)9-8-15(22)20-13-6-7-16(23)21-18(13)24/h2-5,10,13H,6-9H2,1H3,(H,20,22)(H,21,23,24). The van der Waals surface area contributed by atoms with Gasteiger partial charge in [-0.2, -0.15) is 0 Å². The molecule has 0 bridgehead atoms. The van der Waals surface area contributed by atoms with Crippen molar-refractivity contribution >= 4 is 17.7 Å². The van der Waals surface area contributed by atoms with E-state index in [1.54, 1.807) is 6.20 Å². The highest BCUT2D eigenvalue weighted by molar-refractivity contribution is 6.01. The number of carbonyl (C=O) groups excluding carboxylic acids is 3. The largest absolute Gasteiger partial charge is 0.441 e. The Morgan fingerprint density at radius 3 is 2.80 bits per heavy atom. The summed E-state index contributed by atoms with van der Waals surface area (Å²) in [5.74, 6) is 0.0838. The number of nitrogens with zero attached hydrogens (tertiary/aromatic N) is 1. The van der Waals surface area contributed by atoms with Crippen molar-refractivity contribution in [2.45, 2.75) is 38.6 Å². The zero-order valence-electron chi connectivity index (χ0n) is 13.9. The van der Waals surface area contributed by atoms with Gasteiger partial charge in [0.1, 0.15) is 6.04 Å². The summed E-state index contributed by atoms with van der Waals surface area (Å²) in [4.78, 5) is 38.9. The van der Waals surface area contributed by atoms with Crippen molar-refractivity contribution in [3.63, 3.8) is 0 Å². The number of rotatable bonds is 5. The summed E-state index contributed by atoms with van der Waals surface area (Å²) in [5.41, 5.74) is 2.09. The van der Waals surface area contributed by atoms with Gasteiger partial charge in [-0.15, -0.1) is 0 Å². The van der Waals surface area contributed by atoms with Crippen molar-refractivity contribution in [3.8, 4) is 11.3 Å². The summed E-state index contributed by atoms with van der Waals surface area (Å²) >= 11 is 0. The summed E-state index contributed by atoms with van der Waals surface area (Å²) in [6, 6.07) is 7.23. The van der Waals surface area contributed by atoms with Gasteiger partial charge in [0.05, 0.1) is 6.20 Å². The third kappa shape index (κ3) is 4.32. The van der Waals surface area contributed by atoms with Gasteiger partial charge in [-0.3, -0.25) is 19.7 Å². The molecule has 0 radical (unpaired) electrons. The van der Waals surface area contributed by atoms with Gasteiger partial charge in [0, 0.05) is 24.8 Å². The molecule has 0 saturated carbocycles. The Labute approximate surface area is 144 Å². The quantitative estimate of drug-likeness (QED) is 0.803. The van der Waals surface area contributed by atoms with E-state index in [0.29, 0.717) is 24.5 Å². The van der Waals surface area contributed by atoms with E-state index in [-0.39, 0.29) is 24.7 Å². The van der Waals surface area contributed by atoms with Crippen LogP contribution in [0.2, 0.25) is 0 Å². The monoisotopic (exact) mass is 341 g/mol. The molecule has 7 nitrogen and oxygen atoms in total. The molecule has 1 unspecified atom stereocenters. The van der Waals surface area contributed by atoms with Crippen molar-refractivity contribution in [2.24, 2.45) is 0 Å². The molecule has 7 heteroatoms. The first-order chi connectivity index (χ1) is 12.0. The number of aromatic nitrogens is 1. The summed E-state index contributed by atoms with van der Waals surface area (Å²) in [5, 5.41) is 4.84. The number of benzene rings is 1. The van der Waals surface area contributed by atoms with Crippen molar-refractivity contribution in [3.05, 3.63) is 41.9 Å². The fourth-order valence-electron chi connectivity index (χ4n) is 2.60. The fourth-order valence-corrected chi connectivity index (χ4v) is 2.60. The van der Waals surface area contributed by atoms with Crippen LogP contribution >= 0.6 is 0 Å². The van der Waals surface area contributed by atoms with Gasteiger partial charge in [0.15, 0.2) is 11.7 Å². The van der Waals surface area contributed by atoms with E-state index < -0.39 is 11.9 Å². The molecule has 3 amide bonds. The minimum Gasteiger partial charge on any atom is -0.441 e. The lowest BCUT2D eigenvalue weighted by Gasteiger charge is -2.21. The van der Waals surface area contributed by atoms with Gasteiger partial charge >= 0.3 is 0 Å².